The zero-order chi connectivity index (χ0) is 8.97. The number of likely N-dealkylation sites (tertiary alicyclic amines) is 1. The molecule has 0 aliphatic carbocycles. The number of nitrogens with two attached hydrogens (primary N) is 1. The predicted octanol–water partition coefficient (Wildman–Crippen LogP) is 0.594. The van der Waals surface area contributed by atoms with Gasteiger partial charge in [-0.05, 0) is 38.8 Å². The molecule has 0 spiro atoms. The second-order valence-corrected chi connectivity index (χ2v) is 3.65. The molecular formula is C9H18N2O. The molecule has 1 heterocycles. The predicted molar refractivity (Wildman–Crippen MR) is 48.6 cm³/mol. The standard InChI is InChI=1S/C9H18N2O/c1-8(12)6-9-2-4-11(7-10)5-3-9/h9H,2-7,10H2,1H3. The van der Waals surface area contributed by atoms with Crippen LogP contribution in [0.25, 0.3) is 0 Å². The SMILES string of the molecule is CC(=O)CC1CCN(CN)CC1. The molecule has 0 atom stereocenters. The van der Waals surface area contributed by atoms with Gasteiger partial charge in [0.15, 0.2) is 0 Å². The molecule has 70 valence electrons. The first-order chi connectivity index (χ1) is 5.72. The third-order valence-corrected chi connectivity index (χ3v) is 2.54. The normalized spacial score (nSPS) is 21.2. The van der Waals surface area contributed by atoms with E-state index in [1.807, 2.05) is 0 Å². The zero-order valence-corrected chi connectivity index (χ0v) is 7.75. The lowest BCUT2D eigenvalue weighted by Gasteiger charge is -2.30. The van der Waals surface area contributed by atoms with Gasteiger partial charge in [0.05, 0.1) is 0 Å². The van der Waals surface area contributed by atoms with Gasteiger partial charge in [0, 0.05) is 13.1 Å². The third kappa shape index (κ3) is 2.91. The van der Waals surface area contributed by atoms with Gasteiger partial charge < -0.3 is 10.5 Å². The van der Waals surface area contributed by atoms with Gasteiger partial charge in [-0.3, -0.25) is 4.90 Å². The molecule has 1 aliphatic heterocycles. The largest absolute Gasteiger partial charge is 0.318 e. The van der Waals surface area contributed by atoms with Crippen LogP contribution in [0.3, 0.4) is 0 Å². The Labute approximate surface area is 73.9 Å². The molecule has 1 rings (SSSR count). The van der Waals surface area contributed by atoms with Gasteiger partial charge in [-0.15, -0.1) is 0 Å². The Morgan fingerprint density at radius 1 is 1.50 bits per heavy atom. The molecule has 12 heavy (non-hydrogen) atoms. The van der Waals surface area contributed by atoms with E-state index in [1.165, 1.54) is 0 Å². The van der Waals surface area contributed by atoms with Crippen LogP contribution in [0.15, 0.2) is 0 Å². The van der Waals surface area contributed by atoms with Crippen LogP contribution < -0.4 is 5.73 Å². The molecule has 2 N–H and O–H groups in total. The molecule has 0 unspecified atom stereocenters. The second-order valence-electron chi connectivity index (χ2n) is 3.65. The topological polar surface area (TPSA) is 46.3 Å². The minimum Gasteiger partial charge on any atom is -0.318 e. The van der Waals surface area contributed by atoms with Crippen molar-refractivity contribution in [2.75, 3.05) is 19.8 Å². The monoisotopic (exact) mass is 170 g/mol. The summed E-state index contributed by atoms with van der Waals surface area (Å²) in [5.41, 5.74) is 5.51. The molecule has 0 amide bonds. The fraction of sp³-hybridized carbons (Fsp3) is 0.889. The molecule has 3 nitrogen and oxygen atoms in total. The van der Waals surface area contributed by atoms with Crippen molar-refractivity contribution in [2.24, 2.45) is 11.7 Å². The first-order valence-electron chi connectivity index (χ1n) is 4.64. The first kappa shape index (κ1) is 9.68. The lowest BCUT2D eigenvalue weighted by atomic mass is 9.92. The average molecular weight is 170 g/mol. The van der Waals surface area contributed by atoms with Gasteiger partial charge in [-0.25, -0.2) is 0 Å². The maximum absolute atomic E-state index is 10.8. The fourth-order valence-electron chi connectivity index (χ4n) is 1.78. The van der Waals surface area contributed by atoms with Crippen LogP contribution in [0.2, 0.25) is 0 Å². The van der Waals surface area contributed by atoms with Crippen LogP contribution in [0.5, 0.6) is 0 Å². The van der Waals surface area contributed by atoms with Crippen molar-refractivity contribution < 1.29 is 4.79 Å². The number of ketones is 1. The molecule has 0 bridgehead atoms. The van der Waals surface area contributed by atoms with Gasteiger partial charge in [0.2, 0.25) is 0 Å². The first-order valence-corrected chi connectivity index (χ1v) is 4.64. The van der Waals surface area contributed by atoms with Crippen molar-refractivity contribution in [3.8, 4) is 0 Å². The van der Waals surface area contributed by atoms with Crippen molar-refractivity contribution in [3.63, 3.8) is 0 Å². The highest BCUT2D eigenvalue weighted by molar-refractivity contribution is 5.75. The average Bonchev–Trinajstić information content (AvgIpc) is 2.05. The van der Waals surface area contributed by atoms with Crippen molar-refractivity contribution in [3.05, 3.63) is 0 Å². The van der Waals surface area contributed by atoms with Crippen LogP contribution in [0.1, 0.15) is 26.2 Å². The number of carbonyl (C=O) groups excluding carboxylic acids is 1. The van der Waals surface area contributed by atoms with Crippen LogP contribution in [-0.4, -0.2) is 30.4 Å². The number of nitrogens with zero attached hydrogens (tertiary/aromatic N) is 1. The highest BCUT2D eigenvalue weighted by atomic mass is 16.1. The summed E-state index contributed by atoms with van der Waals surface area (Å²) in [5, 5.41) is 0. The minimum atomic E-state index is 0.321. The highest BCUT2D eigenvalue weighted by Gasteiger charge is 2.18. The van der Waals surface area contributed by atoms with Crippen molar-refractivity contribution >= 4 is 5.78 Å². The summed E-state index contributed by atoms with van der Waals surface area (Å²) in [6.07, 6.45) is 3.03. The molecule has 1 fully saturated rings. The van der Waals surface area contributed by atoms with E-state index in [9.17, 15) is 4.79 Å². The van der Waals surface area contributed by atoms with Crippen molar-refractivity contribution in [2.45, 2.75) is 26.2 Å². The van der Waals surface area contributed by atoms with Crippen molar-refractivity contribution in [1.82, 2.24) is 4.90 Å². The number of piperidine rings is 1. The van der Waals surface area contributed by atoms with E-state index in [4.69, 9.17) is 5.73 Å². The van der Waals surface area contributed by atoms with Gasteiger partial charge in [-0.2, -0.15) is 0 Å². The van der Waals surface area contributed by atoms with Gasteiger partial charge in [-0.1, -0.05) is 0 Å². The summed E-state index contributed by atoms with van der Waals surface area (Å²) < 4.78 is 0. The quantitative estimate of drug-likeness (QED) is 0.674. The molecule has 0 aromatic rings. The molecule has 3 heteroatoms. The Kier molecular flexibility index (Phi) is 3.69. The summed E-state index contributed by atoms with van der Waals surface area (Å²) in [4.78, 5) is 13.1. The van der Waals surface area contributed by atoms with E-state index >= 15 is 0 Å². The number of Topliss-reactive ketones (excluding diaryl/α,β-unsaturated/α-hetero) is 1. The van der Waals surface area contributed by atoms with E-state index in [0.717, 1.165) is 32.4 Å². The van der Waals surface area contributed by atoms with Crippen molar-refractivity contribution in [1.29, 1.82) is 0 Å². The Morgan fingerprint density at radius 2 is 2.08 bits per heavy atom. The molecule has 0 aromatic heterocycles. The molecule has 1 aliphatic rings. The summed E-state index contributed by atoms with van der Waals surface area (Å²) in [6.45, 7) is 4.46. The lowest BCUT2D eigenvalue weighted by Crippen LogP contribution is -2.37. The van der Waals surface area contributed by atoms with E-state index in [1.54, 1.807) is 6.92 Å². The second kappa shape index (κ2) is 4.58. The summed E-state index contributed by atoms with van der Waals surface area (Å²) in [7, 11) is 0. The highest BCUT2D eigenvalue weighted by Crippen LogP contribution is 2.19. The Morgan fingerprint density at radius 3 is 2.50 bits per heavy atom. The number of carbonyl (C=O) groups is 1. The molecule has 0 saturated carbocycles. The minimum absolute atomic E-state index is 0.321. The number of hydrogen-bond acceptors (Lipinski definition) is 3. The maximum atomic E-state index is 10.8. The smallest absolute Gasteiger partial charge is 0.130 e. The summed E-state index contributed by atoms with van der Waals surface area (Å²) >= 11 is 0. The van der Waals surface area contributed by atoms with Crippen LogP contribution >= 0.6 is 0 Å². The van der Waals surface area contributed by atoms with Crippen LogP contribution in [0, 0.1) is 5.92 Å². The summed E-state index contributed by atoms with van der Waals surface area (Å²) in [6, 6.07) is 0. The molecular weight excluding hydrogens is 152 g/mol. The van der Waals surface area contributed by atoms with E-state index < -0.39 is 0 Å². The van der Waals surface area contributed by atoms with E-state index in [-0.39, 0.29) is 0 Å². The number of rotatable bonds is 3. The Hall–Kier alpha value is -0.410. The summed E-state index contributed by atoms with van der Waals surface area (Å²) in [5.74, 6) is 0.937. The fourth-order valence-corrected chi connectivity index (χ4v) is 1.78. The molecule has 0 aromatic carbocycles. The Balaban J connectivity index is 2.21. The van der Waals surface area contributed by atoms with Crippen LogP contribution in [0.4, 0.5) is 0 Å². The number of hydrogen-bond donors (Lipinski definition) is 1. The zero-order valence-electron chi connectivity index (χ0n) is 7.75. The Bertz CT molecular complexity index is 151. The lowest BCUT2D eigenvalue weighted by molar-refractivity contribution is -0.118. The molecule has 0 radical (unpaired) electrons. The maximum Gasteiger partial charge on any atom is 0.130 e. The van der Waals surface area contributed by atoms with Crippen LogP contribution in [-0.2, 0) is 4.79 Å². The van der Waals surface area contributed by atoms with E-state index in [2.05, 4.69) is 4.90 Å². The molecule has 1 saturated heterocycles. The van der Waals surface area contributed by atoms with Gasteiger partial charge >= 0.3 is 0 Å². The third-order valence-electron chi connectivity index (χ3n) is 2.54. The van der Waals surface area contributed by atoms with E-state index in [0.29, 0.717) is 18.4 Å². The van der Waals surface area contributed by atoms with Gasteiger partial charge in [0.1, 0.15) is 5.78 Å². The van der Waals surface area contributed by atoms with Gasteiger partial charge in [0.25, 0.3) is 0 Å².